The highest BCUT2D eigenvalue weighted by Crippen LogP contribution is 2.55. The van der Waals surface area contributed by atoms with Gasteiger partial charge in [0.15, 0.2) is 12.4 Å². The number of allylic oxidation sites excluding steroid dienone is 2. The second-order valence-electron chi connectivity index (χ2n) is 12.5. The Morgan fingerprint density at radius 1 is 0.581 bits per heavy atom. The molecule has 0 saturated heterocycles. The number of aromatic nitrogens is 2. The Morgan fingerprint density at radius 3 is 2.16 bits per heavy atom. The first kappa shape index (κ1) is 24.6. The van der Waals surface area contributed by atoms with Crippen molar-refractivity contribution in [3.63, 3.8) is 0 Å². The summed E-state index contributed by atoms with van der Waals surface area (Å²) in [6, 6.07) is 32.1. The van der Waals surface area contributed by atoms with E-state index in [4.69, 9.17) is 0 Å². The minimum Gasteiger partial charge on any atom is -0.207 e. The van der Waals surface area contributed by atoms with E-state index in [1.165, 1.54) is 68.4 Å². The topological polar surface area (TPSA) is 7.76 Å². The number of rotatable bonds is 0. The van der Waals surface area contributed by atoms with Crippen molar-refractivity contribution in [1.29, 1.82) is 0 Å². The van der Waals surface area contributed by atoms with Crippen LogP contribution in [0.4, 0.5) is 8.78 Å². The van der Waals surface area contributed by atoms with Crippen LogP contribution in [0.15, 0.2) is 109 Å². The summed E-state index contributed by atoms with van der Waals surface area (Å²) >= 11 is 0. The molecular weight excluding hydrogens is 534 g/mol. The van der Waals surface area contributed by atoms with Crippen LogP contribution in [0.1, 0.15) is 36.1 Å². The molecule has 2 aliphatic heterocycles. The first-order valence-electron chi connectivity index (χ1n) is 14.8. The van der Waals surface area contributed by atoms with Gasteiger partial charge in [0.05, 0.1) is 24.0 Å². The van der Waals surface area contributed by atoms with Crippen molar-refractivity contribution in [1.82, 2.24) is 0 Å². The van der Waals surface area contributed by atoms with Gasteiger partial charge in [-0.15, -0.1) is 0 Å². The molecule has 2 nitrogen and oxygen atoms in total. The first-order valence-corrected chi connectivity index (χ1v) is 14.8. The molecule has 0 atom stereocenters. The van der Waals surface area contributed by atoms with E-state index in [0.717, 1.165) is 34.6 Å². The number of hydrogen-bond acceptors (Lipinski definition) is 0. The number of pyridine rings is 2. The monoisotopic (exact) mass is 562 g/mol. The third-order valence-electron chi connectivity index (χ3n) is 9.77. The van der Waals surface area contributed by atoms with Gasteiger partial charge >= 0.3 is 0 Å². The average molecular weight is 563 g/mol. The quantitative estimate of drug-likeness (QED) is 0.165. The Labute approximate surface area is 248 Å². The summed E-state index contributed by atoms with van der Waals surface area (Å²) in [5.41, 5.74) is 13.6. The van der Waals surface area contributed by atoms with E-state index < -0.39 is 0 Å². The molecule has 6 aromatic rings. The lowest BCUT2D eigenvalue weighted by atomic mass is 9.75. The fourth-order valence-electron chi connectivity index (χ4n) is 8.01. The summed E-state index contributed by atoms with van der Waals surface area (Å²) in [5.74, 6) is -0.651. The normalized spacial score (nSPS) is 17.0. The van der Waals surface area contributed by atoms with E-state index in [2.05, 4.69) is 91.3 Å². The number of halogens is 2. The Hall–Kier alpha value is -4.96. The van der Waals surface area contributed by atoms with Crippen molar-refractivity contribution in [3.05, 3.63) is 143 Å². The maximum Gasteiger partial charge on any atom is 0.259 e. The van der Waals surface area contributed by atoms with Gasteiger partial charge in [0, 0.05) is 29.7 Å². The van der Waals surface area contributed by atoms with Gasteiger partial charge < -0.3 is 0 Å². The van der Waals surface area contributed by atoms with Crippen LogP contribution in [0.5, 0.6) is 0 Å². The van der Waals surface area contributed by atoms with E-state index >= 15 is 0 Å². The van der Waals surface area contributed by atoms with Gasteiger partial charge in [0.2, 0.25) is 11.4 Å². The van der Waals surface area contributed by atoms with Crippen LogP contribution >= 0.6 is 0 Å². The van der Waals surface area contributed by atoms with Crippen molar-refractivity contribution in [2.45, 2.75) is 32.1 Å². The Balaban J connectivity index is 1.30. The smallest absolute Gasteiger partial charge is 0.207 e. The Bertz CT molecular complexity index is 2240. The molecule has 1 aliphatic carbocycles. The fraction of sp³-hybridized carbons (Fsp3) is 0.128. The largest absolute Gasteiger partial charge is 0.259 e. The summed E-state index contributed by atoms with van der Waals surface area (Å²) in [5, 5.41) is 2.58. The van der Waals surface area contributed by atoms with E-state index in [1.807, 2.05) is 10.6 Å². The predicted molar refractivity (Wildman–Crippen MR) is 166 cm³/mol. The van der Waals surface area contributed by atoms with Crippen molar-refractivity contribution in [3.8, 4) is 33.6 Å². The molecule has 9 rings (SSSR count). The number of hydrogen-bond donors (Lipinski definition) is 0. The molecule has 4 heteroatoms. The molecule has 0 saturated carbocycles. The summed E-state index contributed by atoms with van der Waals surface area (Å²) in [6.45, 7) is 4.73. The molecule has 4 heterocycles. The van der Waals surface area contributed by atoms with Crippen LogP contribution in [-0.2, 0) is 18.3 Å². The van der Waals surface area contributed by atoms with Gasteiger partial charge in [-0.25, -0.2) is 8.78 Å². The predicted octanol–water partition coefficient (Wildman–Crippen LogP) is 8.27. The molecule has 0 amide bonds. The van der Waals surface area contributed by atoms with Crippen LogP contribution in [0.2, 0.25) is 0 Å². The van der Waals surface area contributed by atoms with Gasteiger partial charge in [-0.3, -0.25) is 0 Å². The third kappa shape index (κ3) is 3.32. The molecule has 0 radical (unpaired) electrons. The molecule has 0 bridgehead atoms. The van der Waals surface area contributed by atoms with Crippen LogP contribution in [-0.4, -0.2) is 0 Å². The van der Waals surface area contributed by atoms with E-state index in [9.17, 15) is 8.78 Å². The van der Waals surface area contributed by atoms with E-state index in [-0.39, 0.29) is 17.0 Å². The number of benzene rings is 4. The van der Waals surface area contributed by atoms with Gasteiger partial charge in [-0.2, -0.15) is 9.13 Å². The van der Waals surface area contributed by atoms with Crippen molar-refractivity contribution in [2.24, 2.45) is 0 Å². The third-order valence-corrected chi connectivity index (χ3v) is 9.77. The fourth-order valence-corrected chi connectivity index (χ4v) is 8.01. The molecule has 3 aliphatic rings. The Kier molecular flexibility index (Phi) is 4.89. The zero-order valence-corrected chi connectivity index (χ0v) is 24.0. The lowest BCUT2D eigenvalue weighted by Gasteiger charge is -2.28. The van der Waals surface area contributed by atoms with Crippen LogP contribution < -0.4 is 9.13 Å². The van der Waals surface area contributed by atoms with E-state index in [0.29, 0.717) is 12.1 Å². The molecular formula is C39H28F2N2+2. The standard InChI is InChI=1S/C39H28F2N2/c1-39(2)37-28-8-4-3-7-23(28)11-14-29(37)30-15-12-25-20-35(42-17-6-5-9-32(42)36(25)38(30)39)34-19-24-10-13-26(40)21-31(24)33-22-27(41)16-18-43(33)34/h3-18,21-22H,19-20H2,1-2H3/q+2/b35-34+. The van der Waals surface area contributed by atoms with Gasteiger partial charge in [-0.1, -0.05) is 68.4 Å². The second-order valence-corrected chi connectivity index (χ2v) is 12.5. The molecule has 0 N–H and O–H groups in total. The maximum absolute atomic E-state index is 14.6. The zero-order valence-electron chi connectivity index (χ0n) is 24.0. The summed E-state index contributed by atoms with van der Waals surface area (Å²) in [6.07, 6.45) is 5.29. The zero-order chi connectivity index (χ0) is 29.0. The summed E-state index contributed by atoms with van der Waals surface area (Å²) in [7, 11) is 0. The van der Waals surface area contributed by atoms with Gasteiger partial charge in [0.25, 0.3) is 11.4 Å². The van der Waals surface area contributed by atoms with E-state index in [1.54, 1.807) is 6.20 Å². The second kappa shape index (κ2) is 8.54. The Morgan fingerprint density at radius 2 is 1.28 bits per heavy atom. The minimum absolute atomic E-state index is 0.193. The summed E-state index contributed by atoms with van der Waals surface area (Å²) < 4.78 is 33.3. The first-order chi connectivity index (χ1) is 20.9. The number of nitrogens with zero attached hydrogens (tertiary/aromatic N) is 2. The average Bonchev–Trinajstić information content (AvgIpc) is 3.27. The maximum atomic E-state index is 14.6. The highest BCUT2D eigenvalue weighted by atomic mass is 19.1. The molecule has 0 spiro atoms. The highest BCUT2D eigenvalue weighted by molar-refractivity contribution is 6.00. The summed E-state index contributed by atoms with van der Waals surface area (Å²) in [4.78, 5) is 0. The van der Waals surface area contributed by atoms with Crippen LogP contribution in [0.25, 0.3) is 55.8 Å². The SMILES string of the molecule is CC1(C)c2c(ccc3c2-c2cccc[n+]2/C(=C2\Cc4ccc(F)cc4-c4cc(F)cc[n+]42)C3)-c2ccc3ccccc3c21. The van der Waals surface area contributed by atoms with Gasteiger partial charge in [-0.05, 0) is 62.4 Å². The lowest BCUT2D eigenvalue weighted by molar-refractivity contribution is -0.602. The minimum atomic E-state index is -0.334. The molecule has 0 fully saturated rings. The highest BCUT2D eigenvalue weighted by Gasteiger charge is 2.45. The van der Waals surface area contributed by atoms with Crippen molar-refractivity contribution < 1.29 is 17.9 Å². The molecule has 2 aromatic heterocycles. The van der Waals surface area contributed by atoms with Gasteiger partial charge in [0.1, 0.15) is 11.6 Å². The molecule has 43 heavy (non-hydrogen) atoms. The van der Waals surface area contributed by atoms with Crippen LogP contribution in [0.3, 0.4) is 0 Å². The molecule has 206 valence electrons. The number of fused-ring (bicyclic) bond motifs is 12. The van der Waals surface area contributed by atoms with Crippen LogP contribution in [0, 0.1) is 11.6 Å². The molecule has 4 aromatic carbocycles. The molecule has 0 unspecified atom stereocenters. The van der Waals surface area contributed by atoms with Crippen molar-refractivity contribution in [2.75, 3.05) is 0 Å². The van der Waals surface area contributed by atoms with Crippen molar-refractivity contribution >= 4 is 22.2 Å². The lowest BCUT2D eigenvalue weighted by Crippen LogP contribution is -2.47.